The van der Waals surface area contributed by atoms with E-state index in [0.717, 1.165) is 44.6 Å². The highest BCUT2D eigenvalue weighted by molar-refractivity contribution is 7.87. The lowest BCUT2D eigenvalue weighted by Crippen LogP contribution is -2.47. The number of oxime groups is 1. The molecule has 0 aromatic heterocycles. The number of rotatable bonds is 20. The molecule has 0 spiro atoms. The summed E-state index contributed by atoms with van der Waals surface area (Å²) < 4.78 is 50.3. The zero-order valence-electron chi connectivity index (χ0n) is 21.4. The molecule has 0 bridgehead atoms. The van der Waals surface area contributed by atoms with Crippen molar-refractivity contribution in [2.45, 2.75) is 82.5 Å². The van der Waals surface area contributed by atoms with Crippen molar-refractivity contribution >= 4 is 51.1 Å². The normalized spacial score (nSPS) is 14.8. The maximum Gasteiger partial charge on any atom is 0.298 e. The van der Waals surface area contributed by atoms with E-state index in [2.05, 4.69) is 5.16 Å². The van der Waals surface area contributed by atoms with Gasteiger partial charge in [0.1, 0.15) is 30.3 Å². The van der Waals surface area contributed by atoms with Crippen LogP contribution in [0.15, 0.2) is 22.2 Å². The van der Waals surface area contributed by atoms with Crippen molar-refractivity contribution in [2.75, 3.05) is 33.5 Å². The van der Waals surface area contributed by atoms with Crippen LogP contribution >= 0.6 is 34.8 Å². The van der Waals surface area contributed by atoms with Gasteiger partial charge in [0.15, 0.2) is 0 Å². The maximum atomic E-state index is 13.3. The van der Waals surface area contributed by atoms with Gasteiger partial charge in [-0.05, 0) is 31.4 Å². The van der Waals surface area contributed by atoms with Crippen LogP contribution in [0.4, 0.5) is 0 Å². The third-order valence-corrected chi connectivity index (χ3v) is 7.56. The zero-order valence-corrected chi connectivity index (χ0v) is 24.5. The Labute approximate surface area is 230 Å². The molecule has 1 rings (SSSR count). The number of benzene rings is 1. The summed E-state index contributed by atoms with van der Waals surface area (Å²) in [5.41, 5.74) is 0. The molecule has 1 aromatic carbocycles. The summed E-state index contributed by atoms with van der Waals surface area (Å²) >= 11 is 18.2. The fraction of sp³-hybridized carbons (Fsp3) is 0.708. The molecule has 0 unspecified atom stereocenters. The SMILES string of the molecule is CCCCOC[C@@H](OS(=O)(=O)c1cc(Cl)c(Cl)cc1Cl)[C@@H](OCCCC)[C@H](/C=N\OC)OCCCC. The Morgan fingerprint density at radius 3 is 2.08 bits per heavy atom. The first-order chi connectivity index (χ1) is 17.2. The second-order valence-electron chi connectivity index (χ2n) is 8.03. The molecule has 0 amide bonds. The van der Waals surface area contributed by atoms with Gasteiger partial charge in [0.25, 0.3) is 10.1 Å². The lowest BCUT2D eigenvalue weighted by Gasteiger charge is -2.31. The minimum atomic E-state index is -4.39. The van der Waals surface area contributed by atoms with E-state index in [-0.39, 0.29) is 26.6 Å². The van der Waals surface area contributed by atoms with Crippen molar-refractivity contribution in [2.24, 2.45) is 5.16 Å². The van der Waals surface area contributed by atoms with Gasteiger partial charge in [0.05, 0.1) is 27.9 Å². The Balaban J connectivity index is 3.39. The molecular formula is C24H38Cl3NO7S. The van der Waals surface area contributed by atoms with E-state index in [1.54, 1.807) is 0 Å². The van der Waals surface area contributed by atoms with E-state index < -0.39 is 28.4 Å². The van der Waals surface area contributed by atoms with Gasteiger partial charge in [-0.25, -0.2) is 0 Å². The summed E-state index contributed by atoms with van der Waals surface area (Å²) in [6.45, 7) is 7.24. The molecule has 0 saturated carbocycles. The van der Waals surface area contributed by atoms with Gasteiger partial charge >= 0.3 is 0 Å². The predicted molar refractivity (Wildman–Crippen MR) is 144 cm³/mol. The molecule has 0 saturated heterocycles. The molecule has 208 valence electrons. The van der Waals surface area contributed by atoms with Crippen LogP contribution in [-0.4, -0.2) is 66.5 Å². The van der Waals surface area contributed by atoms with Crippen molar-refractivity contribution in [3.63, 3.8) is 0 Å². The molecule has 0 aliphatic heterocycles. The molecule has 3 atom stereocenters. The van der Waals surface area contributed by atoms with Crippen LogP contribution in [0.1, 0.15) is 59.3 Å². The van der Waals surface area contributed by atoms with Crippen LogP contribution in [0.3, 0.4) is 0 Å². The fourth-order valence-corrected chi connectivity index (χ4v) is 5.07. The summed E-state index contributed by atoms with van der Waals surface area (Å²) in [5.74, 6) is 0. The number of halogens is 3. The lowest BCUT2D eigenvalue weighted by molar-refractivity contribution is -0.109. The molecule has 0 fully saturated rings. The molecular weight excluding hydrogens is 553 g/mol. The molecule has 0 heterocycles. The third-order valence-electron chi connectivity index (χ3n) is 5.04. The van der Waals surface area contributed by atoms with Crippen LogP contribution in [0.5, 0.6) is 0 Å². The van der Waals surface area contributed by atoms with E-state index in [9.17, 15) is 8.42 Å². The van der Waals surface area contributed by atoms with Gasteiger partial charge in [-0.2, -0.15) is 8.42 Å². The molecule has 12 heteroatoms. The monoisotopic (exact) mass is 589 g/mol. The standard InChI is InChI=1S/C24H38Cl3NO7S/c1-5-8-11-32-17-22(35-36(29,30)23-15-19(26)18(25)14-20(23)27)24(34-13-10-7-3)21(16-28-31-4)33-12-9-6-2/h14-16,21-22,24H,5-13,17H2,1-4H3/b28-16-/t21-,22+,24-/m0/s1. The Kier molecular flexibility index (Phi) is 17.2. The molecule has 0 N–H and O–H groups in total. The summed E-state index contributed by atoms with van der Waals surface area (Å²) in [6, 6.07) is 2.41. The average molecular weight is 591 g/mol. The summed E-state index contributed by atoms with van der Waals surface area (Å²) in [4.78, 5) is 4.55. The topological polar surface area (TPSA) is 92.7 Å². The van der Waals surface area contributed by atoms with Crippen LogP contribution in [0.25, 0.3) is 0 Å². The Bertz CT molecular complexity index is 887. The van der Waals surface area contributed by atoms with Gasteiger partial charge in [-0.3, -0.25) is 4.18 Å². The van der Waals surface area contributed by atoms with Crippen molar-refractivity contribution in [1.82, 2.24) is 0 Å². The minimum Gasteiger partial charge on any atom is -0.399 e. The van der Waals surface area contributed by atoms with Gasteiger partial charge in [0, 0.05) is 19.8 Å². The molecule has 0 aliphatic carbocycles. The third kappa shape index (κ3) is 11.8. The highest BCUT2D eigenvalue weighted by atomic mass is 35.5. The van der Waals surface area contributed by atoms with Crippen LogP contribution in [0, 0.1) is 0 Å². The van der Waals surface area contributed by atoms with E-state index in [1.165, 1.54) is 19.4 Å². The minimum absolute atomic E-state index is 0.0303. The van der Waals surface area contributed by atoms with Gasteiger partial charge in [0.2, 0.25) is 0 Å². The van der Waals surface area contributed by atoms with E-state index in [0.29, 0.717) is 19.8 Å². The number of unbranched alkanes of at least 4 members (excludes halogenated alkanes) is 3. The van der Waals surface area contributed by atoms with Crippen LogP contribution in [-0.2, 0) is 33.3 Å². The van der Waals surface area contributed by atoms with Crippen molar-refractivity contribution < 1.29 is 31.6 Å². The first kappa shape index (κ1) is 33.4. The molecule has 0 aliphatic rings. The molecule has 36 heavy (non-hydrogen) atoms. The highest BCUT2D eigenvalue weighted by Gasteiger charge is 2.36. The average Bonchev–Trinajstić information content (AvgIpc) is 2.83. The summed E-state index contributed by atoms with van der Waals surface area (Å²) in [5, 5.41) is 3.89. The Morgan fingerprint density at radius 2 is 1.47 bits per heavy atom. The fourth-order valence-electron chi connectivity index (χ4n) is 3.02. The lowest BCUT2D eigenvalue weighted by atomic mass is 10.1. The predicted octanol–water partition coefficient (Wildman–Crippen LogP) is 6.54. The Morgan fingerprint density at radius 1 is 0.889 bits per heavy atom. The highest BCUT2D eigenvalue weighted by Crippen LogP contribution is 2.33. The van der Waals surface area contributed by atoms with Gasteiger partial charge in [-0.1, -0.05) is 80.0 Å². The summed E-state index contributed by atoms with van der Waals surface area (Å²) in [6.07, 6.45) is 3.82. The molecule has 8 nitrogen and oxygen atoms in total. The molecule has 1 aromatic rings. The zero-order chi connectivity index (χ0) is 27.0. The van der Waals surface area contributed by atoms with E-state index >= 15 is 0 Å². The number of nitrogens with zero attached hydrogens (tertiary/aromatic N) is 1. The van der Waals surface area contributed by atoms with Crippen molar-refractivity contribution in [3.8, 4) is 0 Å². The number of ether oxygens (including phenoxy) is 3. The Hall–Kier alpha value is -0.650. The first-order valence-electron chi connectivity index (χ1n) is 12.2. The maximum absolute atomic E-state index is 13.3. The van der Waals surface area contributed by atoms with Crippen molar-refractivity contribution in [1.29, 1.82) is 0 Å². The number of hydrogen-bond donors (Lipinski definition) is 0. The molecule has 0 radical (unpaired) electrons. The second kappa shape index (κ2) is 18.6. The van der Waals surface area contributed by atoms with E-state index in [1.807, 2.05) is 20.8 Å². The largest absolute Gasteiger partial charge is 0.399 e. The van der Waals surface area contributed by atoms with E-state index in [4.69, 9.17) is 58.0 Å². The van der Waals surface area contributed by atoms with Crippen LogP contribution < -0.4 is 0 Å². The van der Waals surface area contributed by atoms with Gasteiger partial charge in [-0.15, -0.1) is 0 Å². The van der Waals surface area contributed by atoms with Gasteiger partial charge < -0.3 is 19.0 Å². The summed E-state index contributed by atoms with van der Waals surface area (Å²) in [7, 11) is -2.99. The second-order valence-corrected chi connectivity index (χ2v) is 10.8. The smallest absolute Gasteiger partial charge is 0.298 e. The quantitative estimate of drug-likeness (QED) is 0.0560. The first-order valence-corrected chi connectivity index (χ1v) is 14.7. The van der Waals surface area contributed by atoms with Crippen LogP contribution in [0.2, 0.25) is 15.1 Å². The number of hydrogen-bond acceptors (Lipinski definition) is 8. The van der Waals surface area contributed by atoms with Crippen molar-refractivity contribution in [3.05, 3.63) is 27.2 Å².